The number of pyridine rings is 2. The van der Waals surface area contributed by atoms with Crippen molar-refractivity contribution >= 4 is 21.3 Å². The van der Waals surface area contributed by atoms with Crippen molar-refractivity contribution in [3.63, 3.8) is 0 Å². The van der Waals surface area contributed by atoms with E-state index in [1.165, 1.54) is 19.4 Å². The molecule has 0 atom stereocenters. The van der Waals surface area contributed by atoms with Crippen LogP contribution in [0.2, 0.25) is 0 Å². The van der Waals surface area contributed by atoms with Gasteiger partial charge in [-0.15, -0.1) is 0 Å². The number of fused-ring (bicyclic) bond motifs is 1. The monoisotopic (exact) mass is 432 g/mol. The first-order valence-electron chi connectivity index (χ1n) is 9.84. The van der Waals surface area contributed by atoms with E-state index >= 15 is 0 Å². The molecule has 4 rings (SSSR count). The molecular formula is C21H25FN4O3S. The normalized spacial score (nSPS) is 15.2. The lowest BCUT2D eigenvalue weighted by molar-refractivity contribution is 0.401. The first kappa shape index (κ1) is 20.6. The highest BCUT2D eigenvalue weighted by Gasteiger charge is 2.34. The predicted octanol–water partition coefficient (Wildman–Crippen LogP) is 4.08. The number of imidazole rings is 1. The Morgan fingerprint density at radius 2 is 1.97 bits per heavy atom. The number of ether oxygens (including phenoxy) is 1. The number of aromatic nitrogens is 3. The summed E-state index contributed by atoms with van der Waals surface area (Å²) in [5.41, 5.74) is 1.62. The van der Waals surface area contributed by atoms with E-state index in [0.717, 1.165) is 19.3 Å². The number of methoxy groups -OCH3 is 1. The van der Waals surface area contributed by atoms with Gasteiger partial charge in [-0.1, -0.05) is 0 Å². The van der Waals surface area contributed by atoms with Crippen molar-refractivity contribution in [2.24, 2.45) is 0 Å². The number of nitrogens with zero attached hydrogens (tertiary/aromatic N) is 3. The van der Waals surface area contributed by atoms with Gasteiger partial charge in [-0.3, -0.25) is 4.40 Å². The number of hydrogen-bond acceptors (Lipinski definition) is 6. The molecule has 3 aromatic heterocycles. The van der Waals surface area contributed by atoms with Gasteiger partial charge < -0.3 is 10.1 Å². The molecule has 1 N–H and O–H groups in total. The van der Waals surface area contributed by atoms with Crippen LogP contribution in [0.4, 0.5) is 10.2 Å². The fraction of sp³-hybridized carbons (Fsp3) is 0.429. The lowest BCUT2D eigenvalue weighted by atomic mass is 9.93. The third-order valence-electron chi connectivity index (χ3n) is 5.44. The van der Waals surface area contributed by atoms with Crippen LogP contribution in [0.3, 0.4) is 0 Å². The third kappa shape index (κ3) is 3.51. The quantitative estimate of drug-likeness (QED) is 0.612. The zero-order chi connectivity index (χ0) is 21.7. The molecule has 0 aromatic carbocycles. The standard InChI is InChI=1S/C21H25FN4O3S/c1-21(2,3)30(27,28)17-12-26-15(11-23-20(26)10-16(17)29-4)13-8-18(22)25-19(9-13)24-14-6-5-7-14/h8-12,14H,5-7H2,1-4H3,(H,24,25). The van der Waals surface area contributed by atoms with Crippen LogP contribution in [0.15, 0.2) is 35.5 Å². The molecule has 1 fully saturated rings. The number of anilines is 1. The van der Waals surface area contributed by atoms with Crippen molar-refractivity contribution in [2.45, 2.75) is 55.7 Å². The van der Waals surface area contributed by atoms with E-state index < -0.39 is 20.5 Å². The van der Waals surface area contributed by atoms with Gasteiger partial charge in [0.05, 0.1) is 23.7 Å². The average Bonchev–Trinajstić information content (AvgIpc) is 3.05. The molecule has 1 aliphatic carbocycles. The topological polar surface area (TPSA) is 85.6 Å². The minimum Gasteiger partial charge on any atom is -0.495 e. The van der Waals surface area contributed by atoms with Crippen molar-refractivity contribution in [2.75, 3.05) is 12.4 Å². The molecule has 0 amide bonds. The van der Waals surface area contributed by atoms with E-state index in [0.29, 0.717) is 28.8 Å². The number of halogens is 1. The Balaban J connectivity index is 1.86. The smallest absolute Gasteiger partial charge is 0.215 e. The van der Waals surface area contributed by atoms with E-state index in [4.69, 9.17) is 4.74 Å². The Bertz CT molecular complexity index is 1210. The molecule has 0 bridgehead atoms. The molecule has 3 aromatic rings. The minimum atomic E-state index is -3.69. The van der Waals surface area contributed by atoms with Crippen LogP contribution < -0.4 is 10.1 Å². The molecule has 1 saturated carbocycles. The van der Waals surface area contributed by atoms with Gasteiger partial charge in [-0.25, -0.2) is 18.4 Å². The van der Waals surface area contributed by atoms with Crippen LogP contribution in [0, 0.1) is 5.95 Å². The number of sulfone groups is 1. The Morgan fingerprint density at radius 3 is 2.57 bits per heavy atom. The summed E-state index contributed by atoms with van der Waals surface area (Å²) < 4.78 is 46.4. The first-order chi connectivity index (χ1) is 14.1. The highest BCUT2D eigenvalue weighted by atomic mass is 32.2. The summed E-state index contributed by atoms with van der Waals surface area (Å²) in [7, 11) is -2.26. The van der Waals surface area contributed by atoms with Gasteiger partial charge in [0.2, 0.25) is 5.95 Å². The fourth-order valence-corrected chi connectivity index (χ4v) is 4.68. The fourth-order valence-electron chi connectivity index (χ4n) is 3.37. The molecule has 0 radical (unpaired) electrons. The first-order valence-corrected chi connectivity index (χ1v) is 11.3. The highest BCUT2D eigenvalue weighted by Crippen LogP contribution is 2.35. The minimum absolute atomic E-state index is 0.0617. The number of nitrogens with one attached hydrogen (secondary N) is 1. The molecule has 160 valence electrons. The summed E-state index contributed by atoms with van der Waals surface area (Å²) in [4.78, 5) is 8.36. The van der Waals surface area contributed by atoms with Crippen LogP contribution in [0.25, 0.3) is 16.9 Å². The summed E-state index contributed by atoms with van der Waals surface area (Å²) in [6.45, 7) is 4.91. The molecule has 0 saturated heterocycles. The van der Waals surface area contributed by atoms with Crippen LogP contribution in [-0.2, 0) is 9.84 Å². The van der Waals surface area contributed by atoms with Crippen molar-refractivity contribution in [3.05, 3.63) is 36.5 Å². The molecule has 9 heteroatoms. The highest BCUT2D eigenvalue weighted by molar-refractivity contribution is 7.92. The van der Waals surface area contributed by atoms with Crippen LogP contribution in [0.5, 0.6) is 5.75 Å². The molecule has 7 nitrogen and oxygen atoms in total. The zero-order valence-electron chi connectivity index (χ0n) is 17.4. The lowest BCUT2D eigenvalue weighted by Gasteiger charge is -2.27. The van der Waals surface area contributed by atoms with Gasteiger partial charge >= 0.3 is 0 Å². The van der Waals surface area contributed by atoms with E-state index in [2.05, 4.69) is 15.3 Å². The number of hydrogen-bond donors (Lipinski definition) is 1. The Labute approximate surface area is 175 Å². The van der Waals surface area contributed by atoms with E-state index in [1.807, 2.05) is 0 Å². The molecular weight excluding hydrogens is 407 g/mol. The van der Waals surface area contributed by atoms with Crippen molar-refractivity contribution in [1.82, 2.24) is 14.4 Å². The second-order valence-electron chi connectivity index (χ2n) is 8.53. The maximum Gasteiger partial charge on any atom is 0.215 e. The van der Waals surface area contributed by atoms with Crippen molar-refractivity contribution in [1.29, 1.82) is 0 Å². The zero-order valence-corrected chi connectivity index (χ0v) is 18.3. The summed E-state index contributed by atoms with van der Waals surface area (Å²) in [6, 6.07) is 4.96. The summed E-state index contributed by atoms with van der Waals surface area (Å²) in [5.74, 6) is 0.0730. The molecule has 0 aliphatic heterocycles. The van der Waals surface area contributed by atoms with E-state index in [-0.39, 0.29) is 10.6 Å². The van der Waals surface area contributed by atoms with Crippen molar-refractivity contribution in [3.8, 4) is 17.0 Å². The maximum absolute atomic E-state index is 14.2. The Hall–Kier alpha value is -2.68. The second-order valence-corrected chi connectivity index (χ2v) is 11.2. The largest absolute Gasteiger partial charge is 0.495 e. The maximum atomic E-state index is 14.2. The molecule has 30 heavy (non-hydrogen) atoms. The van der Waals surface area contributed by atoms with Gasteiger partial charge in [-0.2, -0.15) is 4.39 Å². The molecule has 3 heterocycles. The summed E-state index contributed by atoms with van der Waals surface area (Å²) in [6.07, 6.45) is 6.31. The second kappa shape index (κ2) is 7.23. The van der Waals surface area contributed by atoms with Crippen molar-refractivity contribution < 1.29 is 17.5 Å². The van der Waals surface area contributed by atoms with Gasteiger partial charge in [0.15, 0.2) is 9.84 Å². The molecule has 0 unspecified atom stereocenters. The Morgan fingerprint density at radius 1 is 1.23 bits per heavy atom. The number of rotatable bonds is 5. The van der Waals surface area contributed by atoms with Gasteiger partial charge in [0.1, 0.15) is 22.1 Å². The summed E-state index contributed by atoms with van der Waals surface area (Å²) in [5, 5.41) is 3.25. The van der Waals surface area contributed by atoms with Gasteiger partial charge in [0, 0.05) is 29.9 Å². The molecule has 1 aliphatic rings. The van der Waals surface area contributed by atoms with E-state index in [1.54, 1.807) is 43.5 Å². The van der Waals surface area contributed by atoms with Gasteiger partial charge in [0.25, 0.3) is 0 Å². The van der Waals surface area contributed by atoms with E-state index in [9.17, 15) is 12.8 Å². The lowest BCUT2D eigenvalue weighted by Crippen LogP contribution is -2.28. The molecule has 0 spiro atoms. The summed E-state index contributed by atoms with van der Waals surface area (Å²) >= 11 is 0. The van der Waals surface area contributed by atoms with Crippen LogP contribution >= 0.6 is 0 Å². The van der Waals surface area contributed by atoms with Crippen LogP contribution in [-0.4, -0.2) is 40.7 Å². The SMILES string of the molecule is COc1cc2ncc(-c3cc(F)nc(NC4CCC4)c3)n2cc1S(=O)(=O)C(C)(C)C. The predicted molar refractivity (Wildman–Crippen MR) is 113 cm³/mol. The third-order valence-corrected chi connectivity index (χ3v) is 7.94. The average molecular weight is 433 g/mol. The Kier molecular flexibility index (Phi) is 4.96. The van der Waals surface area contributed by atoms with Gasteiger partial charge in [-0.05, 0) is 46.1 Å². The van der Waals surface area contributed by atoms with Crippen LogP contribution in [0.1, 0.15) is 40.0 Å².